The van der Waals surface area contributed by atoms with E-state index in [1.807, 2.05) is 14.1 Å². The molecule has 3 heteroatoms. The van der Waals surface area contributed by atoms with Gasteiger partial charge in [0, 0.05) is 31.9 Å². The van der Waals surface area contributed by atoms with Crippen LogP contribution in [0.1, 0.15) is 25.3 Å². The average molecular weight is 248 g/mol. The molecular formula is C15H24N2O. The number of nitrogens with one attached hydrogen (secondary N) is 1. The summed E-state index contributed by atoms with van der Waals surface area (Å²) in [7, 11) is 4.09. The molecule has 0 heterocycles. The Morgan fingerprint density at radius 1 is 1.28 bits per heavy atom. The third-order valence-corrected chi connectivity index (χ3v) is 3.96. The van der Waals surface area contributed by atoms with Gasteiger partial charge in [0.05, 0.1) is 6.61 Å². The maximum absolute atomic E-state index is 9.52. The van der Waals surface area contributed by atoms with Gasteiger partial charge < -0.3 is 15.3 Å². The number of hydrogen-bond donors (Lipinski definition) is 2. The summed E-state index contributed by atoms with van der Waals surface area (Å²) in [5.41, 5.74) is 2.37. The van der Waals surface area contributed by atoms with Gasteiger partial charge in [0.2, 0.25) is 0 Å². The Morgan fingerprint density at radius 2 is 1.89 bits per heavy atom. The first-order valence-electron chi connectivity index (χ1n) is 6.67. The number of anilines is 1. The molecule has 0 spiro atoms. The number of aliphatic hydroxyl groups is 1. The Hall–Kier alpha value is -1.06. The molecule has 1 atom stereocenters. The second kappa shape index (κ2) is 5.29. The fraction of sp³-hybridized carbons (Fsp3) is 0.600. The minimum absolute atomic E-state index is 0.111. The van der Waals surface area contributed by atoms with Crippen molar-refractivity contribution in [3.05, 3.63) is 29.8 Å². The molecule has 0 radical (unpaired) electrons. The van der Waals surface area contributed by atoms with E-state index in [2.05, 4.69) is 41.4 Å². The molecule has 2 N–H and O–H groups in total. The first-order valence-corrected chi connectivity index (χ1v) is 6.67. The lowest BCUT2D eigenvalue weighted by molar-refractivity contribution is 0.153. The quantitative estimate of drug-likeness (QED) is 0.808. The van der Waals surface area contributed by atoms with E-state index >= 15 is 0 Å². The molecule has 0 amide bonds. The van der Waals surface area contributed by atoms with Crippen LogP contribution in [0.2, 0.25) is 0 Å². The van der Waals surface area contributed by atoms with E-state index < -0.39 is 0 Å². The Kier molecular flexibility index (Phi) is 3.93. The number of hydrogen-bond acceptors (Lipinski definition) is 3. The number of benzene rings is 1. The van der Waals surface area contributed by atoms with Crippen LogP contribution in [0.15, 0.2) is 24.3 Å². The summed E-state index contributed by atoms with van der Waals surface area (Å²) in [6, 6.07) is 8.55. The van der Waals surface area contributed by atoms with E-state index in [9.17, 15) is 5.11 Å². The van der Waals surface area contributed by atoms with Gasteiger partial charge in [-0.2, -0.15) is 0 Å². The largest absolute Gasteiger partial charge is 0.394 e. The van der Waals surface area contributed by atoms with Crippen LogP contribution in [-0.2, 0) is 6.54 Å². The Balaban J connectivity index is 1.93. The summed E-state index contributed by atoms with van der Waals surface area (Å²) in [5.74, 6) is 0.642. The standard InChI is InChI=1S/C15H24N2O/c1-15(11-18,13-6-7-13)16-10-12-4-8-14(9-5-12)17(2)3/h4-5,8-9,13,16,18H,6-7,10-11H2,1-3H3. The molecule has 1 aromatic carbocycles. The van der Waals surface area contributed by atoms with Gasteiger partial charge >= 0.3 is 0 Å². The van der Waals surface area contributed by atoms with E-state index in [1.54, 1.807) is 0 Å². The van der Waals surface area contributed by atoms with Crippen molar-refractivity contribution in [2.75, 3.05) is 25.6 Å². The number of rotatable bonds is 6. The van der Waals surface area contributed by atoms with Crippen LogP contribution in [0.3, 0.4) is 0 Å². The normalized spacial score (nSPS) is 18.4. The van der Waals surface area contributed by atoms with E-state index in [0.717, 1.165) is 6.54 Å². The van der Waals surface area contributed by atoms with Gasteiger partial charge in [-0.25, -0.2) is 0 Å². The molecule has 1 aliphatic rings. The highest BCUT2D eigenvalue weighted by Crippen LogP contribution is 2.39. The second-order valence-corrected chi connectivity index (χ2v) is 5.76. The molecule has 0 bridgehead atoms. The average Bonchev–Trinajstić information content (AvgIpc) is 3.21. The Labute approximate surface area is 110 Å². The van der Waals surface area contributed by atoms with E-state index in [0.29, 0.717) is 5.92 Å². The molecule has 1 saturated carbocycles. The van der Waals surface area contributed by atoms with Crippen LogP contribution in [0.4, 0.5) is 5.69 Å². The second-order valence-electron chi connectivity index (χ2n) is 5.76. The number of nitrogens with zero attached hydrogens (tertiary/aromatic N) is 1. The molecule has 1 aliphatic carbocycles. The predicted octanol–water partition coefficient (Wildman–Crippen LogP) is 2.00. The lowest BCUT2D eigenvalue weighted by Gasteiger charge is -2.29. The molecule has 1 aromatic rings. The monoisotopic (exact) mass is 248 g/mol. The van der Waals surface area contributed by atoms with Gasteiger partial charge in [-0.05, 0) is 43.4 Å². The van der Waals surface area contributed by atoms with Crippen LogP contribution in [0, 0.1) is 5.92 Å². The third-order valence-electron chi connectivity index (χ3n) is 3.96. The Morgan fingerprint density at radius 3 is 2.33 bits per heavy atom. The minimum atomic E-state index is -0.111. The van der Waals surface area contributed by atoms with Crippen molar-refractivity contribution in [3.63, 3.8) is 0 Å². The first kappa shape index (κ1) is 13.4. The zero-order valence-electron chi connectivity index (χ0n) is 11.6. The fourth-order valence-electron chi connectivity index (χ4n) is 2.27. The maximum atomic E-state index is 9.52. The molecule has 0 saturated heterocycles. The zero-order valence-corrected chi connectivity index (χ0v) is 11.6. The van der Waals surface area contributed by atoms with Crippen LogP contribution in [-0.4, -0.2) is 31.3 Å². The summed E-state index contributed by atoms with van der Waals surface area (Å²) < 4.78 is 0. The summed E-state index contributed by atoms with van der Waals surface area (Å²) in [4.78, 5) is 2.10. The summed E-state index contributed by atoms with van der Waals surface area (Å²) >= 11 is 0. The summed E-state index contributed by atoms with van der Waals surface area (Å²) in [6.45, 7) is 3.16. The molecule has 0 aromatic heterocycles. The molecule has 1 unspecified atom stereocenters. The van der Waals surface area contributed by atoms with Crippen molar-refractivity contribution in [1.82, 2.24) is 5.32 Å². The van der Waals surface area contributed by atoms with Crippen molar-refractivity contribution in [2.45, 2.75) is 31.8 Å². The minimum Gasteiger partial charge on any atom is -0.394 e. The van der Waals surface area contributed by atoms with E-state index in [4.69, 9.17) is 0 Å². The summed E-state index contributed by atoms with van der Waals surface area (Å²) in [6.07, 6.45) is 2.48. The first-order chi connectivity index (χ1) is 8.55. The van der Waals surface area contributed by atoms with Crippen molar-refractivity contribution in [3.8, 4) is 0 Å². The Bertz CT molecular complexity index is 384. The smallest absolute Gasteiger partial charge is 0.0613 e. The van der Waals surface area contributed by atoms with E-state index in [-0.39, 0.29) is 12.1 Å². The summed E-state index contributed by atoms with van der Waals surface area (Å²) in [5, 5.41) is 13.0. The van der Waals surface area contributed by atoms with Gasteiger partial charge in [-0.1, -0.05) is 12.1 Å². The lowest BCUT2D eigenvalue weighted by Crippen LogP contribution is -2.47. The lowest BCUT2D eigenvalue weighted by atomic mass is 9.96. The van der Waals surface area contributed by atoms with Crippen molar-refractivity contribution in [2.24, 2.45) is 5.92 Å². The van der Waals surface area contributed by atoms with Crippen molar-refractivity contribution in [1.29, 1.82) is 0 Å². The van der Waals surface area contributed by atoms with Gasteiger partial charge in [-0.3, -0.25) is 0 Å². The fourth-order valence-corrected chi connectivity index (χ4v) is 2.27. The molecule has 3 nitrogen and oxygen atoms in total. The molecule has 0 aliphatic heterocycles. The maximum Gasteiger partial charge on any atom is 0.0613 e. The van der Waals surface area contributed by atoms with Crippen LogP contribution in [0.25, 0.3) is 0 Å². The highest BCUT2D eigenvalue weighted by molar-refractivity contribution is 5.45. The van der Waals surface area contributed by atoms with Crippen molar-refractivity contribution >= 4 is 5.69 Å². The van der Waals surface area contributed by atoms with Crippen LogP contribution in [0.5, 0.6) is 0 Å². The molecule has 1 fully saturated rings. The molecular weight excluding hydrogens is 224 g/mol. The van der Waals surface area contributed by atoms with Gasteiger partial charge in [0.25, 0.3) is 0 Å². The SMILES string of the molecule is CN(C)c1ccc(CNC(C)(CO)C2CC2)cc1. The highest BCUT2D eigenvalue weighted by Gasteiger charge is 2.40. The predicted molar refractivity (Wildman–Crippen MR) is 75.8 cm³/mol. The molecule has 2 rings (SSSR count). The topological polar surface area (TPSA) is 35.5 Å². The molecule has 100 valence electrons. The van der Waals surface area contributed by atoms with Crippen molar-refractivity contribution < 1.29 is 5.11 Å². The van der Waals surface area contributed by atoms with Gasteiger partial charge in [0.15, 0.2) is 0 Å². The van der Waals surface area contributed by atoms with E-state index in [1.165, 1.54) is 24.1 Å². The van der Waals surface area contributed by atoms with Crippen LogP contribution < -0.4 is 10.2 Å². The number of aliphatic hydroxyl groups excluding tert-OH is 1. The highest BCUT2D eigenvalue weighted by atomic mass is 16.3. The van der Waals surface area contributed by atoms with Gasteiger partial charge in [-0.15, -0.1) is 0 Å². The van der Waals surface area contributed by atoms with Crippen LogP contribution >= 0.6 is 0 Å². The third kappa shape index (κ3) is 3.03. The van der Waals surface area contributed by atoms with Gasteiger partial charge in [0.1, 0.15) is 0 Å². The zero-order chi connectivity index (χ0) is 13.2. The molecule has 18 heavy (non-hydrogen) atoms.